The van der Waals surface area contributed by atoms with E-state index in [1.807, 2.05) is 0 Å². The third kappa shape index (κ3) is 1.13. The lowest BCUT2D eigenvalue weighted by Gasteiger charge is -2.15. The molecular weight excluding hydrogens is 168 g/mol. The van der Waals surface area contributed by atoms with Crippen LogP contribution in [0.25, 0.3) is 0 Å². The highest BCUT2D eigenvalue weighted by atomic mass is 32.2. The van der Waals surface area contributed by atoms with Crippen molar-refractivity contribution in [3.05, 3.63) is 0 Å². The Hall–Kier alpha value is -0.580. The third-order valence-electron chi connectivity index (χ3n) is 2.06. The van der Waals surface area contributed by atoms with Crippen molar-refractivity contribution < 1.29 is 17.9 Å². The van der Waals surface area contributed by atoms with Gasteiger partial charge in [0.2, 0.25) is 0 Å². The SMILES string of the molecule is C[C@]1(S(C)(=O)=O)CCOC1=O. The van der Waals surface area contributed by atoms with Crippen LogP contribution in [0.2, 0.25) is 0 Å². The molecule has 1 fully saturated rings. The van der Waals surface area contributed by atoms with Crippen LogP contribution in [0.5, 0.6) is 0 Å². The molecule has 1 atom stereocenters. The van der Waals surface area contributed by atoms with Crippen LogP contribution in [0.4, 0.5) is 0 Å². The number of sulfone groups is 1. The van der Waals surface area contributed by atoms with Crippen molar-refractivity contribution in [2.24, 2.45) is 0 Å². The van der Waals surface area contributed by atoms with Crippen molar-refractivity contribution >= 4 is 15.8 Å². The first-order chi connectivity index (χ1) is 4.88. The number of ether oxygens (including phenoxy) is 1. The number of hydrogen-bond donors (Lipinski definition) is 0. The molecule has 64 valence electrons. The highest BCUT2D eigenvalue weighted by molar-refractivity contribution is 7.92. The van der Waals surface area contributed by atoms with E-state index in [9.17, 15) is 13.2 Å². The molecule has 0 aromatic carbocycles. The maximum Gasteiger partial charge on any atom is 0.327 e. The van der Waals surface area contributed by atoms with E-state index in [-0.39, 0.29) is 13.0 Å². The lowest BCUT2D eigenvalue weighted by molar-refractivity contribution is -0.139. The standard InChI is InChI=1S/C6H10O4S/c1-6(11(2,8)9)3-4-10-5(6)7/h3-4H2,1-2H3/t6-/m0/s1. The molecule has 0 N–H and O–H groups in total. The van der Waals surface area contributed by atoms with Crippen molar-refractivity contribution in [1.82, 2.24) is 0 Å². The second-order valence-corrected chi connectivity index (χ2v) is 5.33. The topological polar surface area (TPSA) is 60.4 Å². The van der Waals surface area contributed by atoms with Crippen LogP contribution in [-0.2, 0) is 19.4 Å². The zero-order chi connectivity index (χ0) is 8.70. The summed E-state index contributed by atoms with van der Waals surface area (Å²) in [5.74, 6) is -0.625. The van der Waals surface area contributed by atoms with Crippen LogP contribution in [0, 0.1) is 0 Å². The van der Waals surface area contributed by atoms with Gasteiger partial charge in [0.05, 0.1) is 6.61 Å². The van der Waals surface area contributed by atoms with E-state index in [1.165, 1.54) is 6.92 Å². The summed E-state index contributed by atoms with van der Waals surface area (Å²) in [5.41, 5.74) is 0. The molecule has 11 heavy (non-hydrogen) atoms. The second kappa shape index (κ2) is 2.20. The Morgan fingerprint density at radius 2 is 2.09 bits per heavy atom. The summed E-state index contributed by atoms with van der Waals surface area (Å²) in [6.07, 6.45) is 1.32. The first-order valence-corrected chi connectivity index (χ1v) is 5.14. The van der Waals surface area contributed by atoms with Gasteiger partial charge in [-0.15, -0.1) is 0 Å². The van der Waals surface area contributed by atoms with Gasteiger partial charge in [0.1, 0.15) is 0 Å². The fourth-order valence-corrected chi connectivity index (χ4v) is 1.75. The molecule has 0 spiro atoms. The first-order valence-electron chi connectivity index (χ1n) is 3.25. The van der Waals surface area contributed by atoms with E-state index in [0.717, 1.165) is 6.26 Å². The van der Waals surface area contributed by atoms with E-state index in [4.69, 9.17) is 0 Å². The number of rotatable bonds is 1. The van der Waals surface area contributed by atoms with Gasteiger partial charge in [0, 0.05) is 12.7 Å². The number of carbonyl (C=O) groups excluding carboxylic acids is 1. The minimum Gasteiger partial charge on any atom is -0.464 e. The number of cyclic esters (lactones) is 1. The molecule has 0 aliphatic carbocycles. The maximum absolute atomic E-state index is 11.1. The molecule has 5 heteroatoms. The zero-order valence-corrected chi connectivity index (χ0v) is 7.27. The van der Waals surface area contributed by atoms with Crippen LogP contribution in [-0.4, -0.2) is 32.0 Å². The largest absolute Gasteiger partial charge is 0.464 e. The van der Waals surface area contributed by atoms with E-state index < -0.39 is 20.6 Å². The number of esters is 1. The molecule has 0 saturated carbocycles. The highest BCUT2D eigenvalue weighted by Crippen LogP contribution is 2.27. The molecule has 0 aromatic heterocycles. The molecule has 1 saturated heterocycles. The predicted molar refractivity (Wildman–Crippen MR) is 38.8 cm³/mol. The van der Waals surface area contributed by atoms with Crippen LogP contribution < -0.4 is 0 Å². The molecule has 1 heterocycles. The Morgan fingerprint density at radius 3 is 2.27 bits per heavy atom. The molecule has 0 unspecified atom stereocenters. The van der Waals surface area contributed by atoms with E-state index >= 15 is 0 Å². The normalized spacial score (nSPS) is 32.0. The van der Waals surface area contributed by atoms with E-state index in [0.29, 0.717) is 0 Å². The van der Waals surface area contributed by atoms with Crippen LogP contribution >= 0.6 is 0 Å². The van der Waals surface area contributed by atoms with E-state index in [1.54, 1.807) is 0 Å². The molecule has 1 aliphatic rings. The van der Waals surface area contributed by atoms with Crippen molar-refractivity contribution in [3.8, 4) is 0 Å². The average Bonchev–Trinajstić information content (AvgIpc) is 2.12. The Balaban J connectivity index is 3.10. The molecule has 4 nitrogen and oxygen atoms in total. The van der Waals surface area contributed by atoms with Gasteiger partial charge in [-0.05, 0) is 6.92 Å². The predicted octanol–water partition coefficient (Wildman–Crippen LogP) is -0.263. The summed E-state index contributed by atoms with van der Waals surface area (Å²) in [6.45, 7) is 1.61. The molecule has 0 bridgehead atoms. The number of carbonyl (C=O) groups is 1. The van der Waals surface area contributed by atoms with Crippen molar-refractivity contribution in [2.75, 3.05) is 12.9 Å². The van der Waals surface area contributed by atoms with Gasteiger partial charge in [0.25, 0.3) is 0 Å². The molecule has 1 aliphatic heterocycles. The summed E-state index contributed by atoms with van der Waals surface area (Å²) >= 11 is 0. The Labute approximate surface area is 65.5 Å². The minimum atomic E-state index is -3.33. The first kappa shape index (κ1) is 8.52. The van der Waals surface area contributed by atoms with Crippen molar-refractivity contribution in [1.29, 1.82) is 0 Å². The molecule has 0 radical (unpaired) electrons. The van der Waals surface area contributed by atoms with Gasteiger partial charge in [-0.25, -0.2) is 8.42 Å². The maximum atomic E-state index is 11.1. The summed E-state index contributed by atoms with van der Waals surface area (Å²) in [6, 6.07) is 0. The van der Waals surface area contributed by atoms with Crippen molar-refractivity contribution in [2.45, 2.75) is 18.1 Å². The van der Waals surface area contributed by atoms with Gasteiger partial charge >= 0.3 is 5.97 Å². The Bertz CT molecular complexity index is 279. The van der Waals surface area contributed by atoms with Crippen LogP contribution in [0.15, 0.2) is 0 Å². The van der Waals surface area contributed by atoms with Crippen LogP contribution in [0.1, 0.15) is 13.3 Å². The van der Waals surface area contributed by atoms with Gasteiger partial charge in [-0.1, -0.05) is 0 Å². The lowest BCUT2D eigenvalue weighted by Crippen LogP contribution is -2.39. The number of hydrogen-bond acceptors (Lipinski definition) is 4. The third-order valence-corrected chi connectivity index (χ3v) is 4.07. The van der Waals surface area contributed by atoms with E-state index in [2.05, 4.69) is 4.74 Å². The Kier molecular flexibility index (Phi) is 1.70. The second-order valence-electron chi connectivity index (χ2n) is 2.89. The Morgan fingerprint density at radius 1 is 1.55 bits per heavy atom. The molecular formula is C6H10O4S. The molecule has 0 amide bonds. The van der Waals surface area contributed by atoms with Crippen LogP contribution in [0.3, 0.4) is 0 Å². The quantitative estimate of drug-likeness (QED) is 0.519. The molecule has 1 rings (SSSR count). The van der Waals surface area contributed by atoms with Gasteiger partial charge in [0.15, 0.2) is 14.6 Å². The highest BCUT2D eigenvalue weighted by Gasteiger charge is 2.48. The fourth-order valence-electron chi connectivity index (χ4n) is 0.930. The lowest BCUT2D eigenvalue weighted by atomic mass is 10.1. The average molecular weight is 178 g/mol. The van der Waals surface area contributed by atoms with Gasteiger partial charge < -0.3 is 4.74 Å². The van der Waals surface area contributed by atoms with Gasteiger partial charge in [-0.3, -0.25) is 4.79 Å². The van der Waals surface area contributed by atoms with Crippen molar-refractivity contribution in [3.63, 3.8) is 0 Å². The fraction of sp³-hybridized carbons (Fsp3) is 0.833. The summed E-state index contributed by atoms with van der Waals surface area (Å²) in [5, 5.41) is 0. The summed E-state index contributed by atoms with van der Waals surface area (Å²) < 4.78 is 25.4. The van der Waals surface area contributed by atoms with Gasteiger partial charge in [-0.2, -0.15) is 0 Å². The molecule has 0 aromatic rings. The smallest absolute Gasteiger partial charge is 0.327 e. The monoisotopic (exact) mass is 178 g/mol. The summed E-state index contributed by atoms with van der Waals surface area (Å²) in [4.78, 5) is 10.9. The zero-order valence-electron chi connectivity index (χ0n) is 6.46. The summed E-state index contributed by atoms with van der Waals surface area (Å²) in [7, 11) is -3.33. The minimum absolute atomic E-state index is 0.211.